The van der Waals surface area contributed by atoms with Gasteiger partial charge >= 0.3 is 0 Å². The van der Waals surface area contributed by atoms with Crippen molar-refractivity contribution in [2.45, 2.75) is 6.61 Å². The molecule has 3 heteroatoms. The number of hydrogen-bond donors (Lipinski definition) is 1. The molecule has 0 bridgehead atoms. The lowest BCUT2D eigenvalue weighted by molar-refractivity contribution is 0.124. The first-order valence-electron chi connectivity index (χ1n) is 2.89. The fourth-order valence-electron chi connectivity index (χ4n) is 0.723. The zero-order valence-electron chi connectivity index (χ0n) is 5.38. The smallest absolute Gasteiger partial charge is 0.0930 e. The number of nitrogens with two attached hydrogens (primary N) is 1. The topological polar surface area (TPSA) is 35.2 Å². The Bertz CT molecular complexity index is 215. The summed E-state index contributed by atoms with van der Waals surface area (Å²) < 4.78 is 1.20. The van der Waals surface area contributed by atoms with Gasteiger partial charge in [-0.05, 0) is 40.3 Å². The second kappa shape index (κ2) is 3.90. The summed E-state index contributed by atoms with van der Waals surface area (Å²) in [6, 6.07) is 8.03. The van der Waals surface area contributed by atoms with Gasteiger partial charge in [-0.3, -0.25) is 4.84 Å². The minimum Gasteiger partial charge on any atom is -0.300 e. The molecule has 0 aliphatic rings. The van der Waals surface area contributed by atoms with Crippen LogP contribution in [0.25, 0.3) is 0 Å². The monoisotopic (exact) mass is 249 g/mol. The highest BCUT2D eigenvalue weighted by Crippen LogP contribution is 2.07. The van der Waals surface area contributed by atoms with E-state index in [4.69, 9.17) is 5.90 Å². The molecule has 1 aromatic rings. The molecule has 54 valence electrons. The van der Waals surface area contributed by atoms with Crippen molar-refractivity contribution in [3.05, 3.63) is 33.4 Å². The highest BCUT2D eigenvalue weighted by atomic mass is 127. The van der Waals surface area contributed by atoms with Crippen LogP contribution in [-0.2, 0) is 11.4 Å². The molecule has 1 aromatic carbocycles. The molecule has 0 saturated carbocycles. The van der Waals surface area contributed by atoms with Crippen LogP contribution in [0.3, 0.4) is 0 Å². The molecule has 0 saturated heterocycles. The van der Waals surface area contributed by atoms with Gasteiger partial charge in [-0.2, -0.15) is 0 Å². The summed E-state index contributed by atoms with van der Waals surface area (Å²) in [6.07, 6.45) is 0. The van der Waals surface area contributed by atoms with E-state index in [1.54, 1.807) is 0 Å². The molecule has 0 unspecified atom stereocenters. The number of benzene rings is 1. The summed E-state index contributed by atoms with van der Waals surface area (Å²) in [5.74, 6) is 4.91. The standard InChI is InChI=1S/C7H8INO/c8-7-3-1-2-6(4-7)5-10-9/h1-4H,5,9H2. The van der Waals surface area contributed by atoms with Crippen molar-refractivity contribution in [3.63, 3.8) is 0 Å². The molecule has 2 nitrogen and oxygen atoms in total. The average Bonchev–Trinajstić information content (AvgIpc) is 1.88. The first-order chi connectivity index (χ1) is 4.83. The fraction of sp³-hybridized carbons (Fsp3) is 0.143. The highest BCUT2D eigenvalue weighted by molar-refractivity contribution is 14.1. The summed E-state index contributed by atoms with van der Waals surface area (Å²) in [5.41, 5.74) is 1.11. The van der Waals surface area contributed by atoms with E-state index in [1.165, 1.54) is 3.57 Å². The normalized spacial score (nSPS) is 9.80. The van der Waals surface area contributed by atoms with E-state index in [1.807, 2.05) is 24.3 Å². The van der Waals surface area contributed by atoms with Crippen molar-refractivity contribution >= 4 is 22.6 Å². The first kappa shape index (κ1) is 7.97. The largest absolute Gasteiger partial charge is 0.300 e. The Hall–Kier alpha value is -0.130. The van der Waals surface area contributed by atoms with Crippen molar-refractivity contribution in [2.24, 2.45) is 5.90 Å². The highest BCUT2D eigenvalue weighted by Gasteiger charge is 1.90. The Morgan fingerprint density at radius 3 is 2.90 bits per heavy atom. The van der Waals surface area contributed by atoms with Gasteiger partial charge < -0.3 is 0 Å². The van der Waals surface area contributed by atoms with Gasteiger partial charge in [-0.25, -0.2) is 5.90 Å². The molecular formula is C7H8INO. The van der Waals surface area contributed by atoms with Crippen molar-refractivity contribution in [1.29, 1.82) is 0 Å². The van der Waals surface area contributed by atoms with Crippen molar-refractivity contribution in [2.75, 3.05) is 0 Å². The van der Waals surface area contributed by atoms with Crippen LogP contribution in [0.1, 0.15) is 5.56 Å². The summed E-state index contributed by atoms with van der Waals surface area (Å²) in [7, 11) is 0. The van der Waals surface area contributed by atoms with Crippen LogP contribution in [-0.4, -0.2) is 0 Å². The molecule has 0 atom stereocenters. The molecule has 0 amide bonds. The molecular weight excluding hydrogens is 241 g/mol. The third-order valence-electron chi connectivity index (χ3n) is 1.14. The molecule has 0 radical (unpaired) electrons. The molecule has 1 rings (SSSR count). The SMILES string of the molecule is NOCc1cccc(I)c1. The van der Waals surface area contributed by atoms with Crippen LogP contribution in [0.4, 0.5) is 0 Å². The van der Waals surface area contributed by atoms with Crippen LogP contribution >= 0.6 is 22.6 Å². The maximum absolute atomic E-state index is 4.91. The lowest BCUT2D eigenvalue weighted by Crippen LogP contribution is -1.98. The van der Waals surface area contributed by atoms with Gasteiger partial charge in [0, 0.05) is 3.57 Å². The molecule has 0 heterocycles. The first-order valence-corrected chi connectivity index (χ1v) is 3.97. The molecule has 0 aliphatic heterocycles. The van der Waals surface area contributed by atoms with E-state index in [-0.39, 0.29) is 0 Å². The van der Waals surface area contributed by atoms with E-state index < -0.39 is 0 Å². The Kier molecular flexibility index (Phi) is 3.11. The summed E-state index contributed by atoms with van der Waals surface area (Å²) in [6.45, 7) is 0.483. The number of hydrogen-bond acceptors (Lipinski definition) is 2. The van der Waals surface area contributed by atoms with E-state index in [9.17, 15) is 0 Å². The van der Waals surface area contributed by atoms with E-state index in [0.717, 1.165) is 5.56 Å². The van der Waals surface area contributed by atoms with Crippen molar-refractivity contribution < 1.29 is 4.84 Å². The summed E-state index contributed by atoms with van der Waals surface area (Å²) >= 11 is 2.25. The minimum atomic E-state index is 0.483. The van der Waals surface area contributed by atoms with Crippen LogP contribution < -0.4 is 5.90 Å². The Balaban J connectivity index is 2.75. The van der Waals surface area contributed by atoms with Gasteiger partial charge in [0.05, 0.1) is 6.61 Å². The van der Waals surface area contributed by atoms with Crippen LogP contribution in [0.15, 0.2) is 24.3 Å². The third kappa shape index (κ3) is 2.24. The van der Waals surface area contributed by atoms with Crippen molar-refractivity contribution in [3.8, 4) is 0 Å². The minimum absolute atomic E-state index is 0.483. The molecule has 0 spiro atoms. The van der Waals surface area contributed by atoms with Gasteiger partial charge in [0.25, 0.3) is 0 Å². The quantitative estimate of drug-likeness (QED) is 0.639. The molecule has 10 heavy (non-hydrogen) atoms. The van der Waals surface area contributed by atoms with Gasteiger partial charge in [-0.15, -0.1) is 0 Å². The maximum atomic E-state index is 4.91. The fourth-order valence-corrected chi connectivity index (χ4v) is 1.33. The summed E-state index contributed by atoms with van der Waals surface area (Å²) in [4.78, 5) is 4.48. The maximum Gasteiger partial charge on any atom is 0.0930 e. The molecule has 0 aliphatic carbocycles. The lowest BCUT2D eigenvalue weighted by atomic mass is 10.2. The van der Waals surface area contributed by atoms with Crippen LogP contribution in [0.5, 0.6) is 0 Å². The zero-order valence-corrected chi connectivity index (χ0v) is 7.54. The lowest BCUT2D eigenvalue weighted by Gasteiger charge is -1.97. The Labute approximate surface area is 73.5 Å². The molecule has 0 aromatic heterocycles. The predicted molar refractivity (Wildman–Crippen MR) is 48.1 cm³/mol. The number of rotatable bonds is 2. The second-order valence-corrected chi connectivity index (χ2v) is 3.19. The predicted octanol–water partition coefficient (Wildman–Crippen LogP) is 1.68. The van der Waals surface area contributed by atoms with Gasteiger partial charge in [0.1, 0.15) is 0 Å². The third-order valence-corrected chi connectivity index (χ3v) is 1.81. The number of halogens is 1. The van der Waals surface area contributed by atoms with Crippen LogP contribution in [0, 0.1) is 3.57 Å². The van der Waals surface area contributed by atoms with Gasteiger partial charge in [0.2, 0.25) is 0 Å². The zero-order chi connectivity index (χ0) is 7.40. The van der Waals surface area contributed by atoms with E-state index in [2.05, 4.69) is 27.4 Å². The van der Waals surface area contributed by atoms with Crippen molar-refractivity contribution in [1.82, 2.24) is 0 Å². The molecule has 2 N–H and O–H groups in total. The Morgan fingerprint density at radius 2 is 2.30 bits per heavy atom. The van der Waals surface area contributed by atoms with E-state index >= 15 is 0 Å². The van der Waals surface area contributed by atoms with Gasteiger partial charge in [0.15, 0.2) is 0 Å². The Morgan fingerprint density at radius 1 is 1.50 bits per heavy atom. The van der Waals surface area contributed by atoms with Crippen LogP contribution in [0.2, 0.25) is 0 Å². The average molecular weight is 249 g/mol. The van der Waals surface area contributed by atoms with Gasteiger partial charge in [-0.1, -0.05) is 12.1 Å². The molecule has 0 fully saturated rings. The summed E-state index contributed by atoms with van der Waals surface area (Å²) in [5, 5.41) is 0. The second-order valence-electron chi connectivity index (χ2n) is 1.94. The van der Waals surface area contributed by atoms with E-state index in [0.29, 0.717) is 6.61 Å².